The van der Waals surface area contributed by atoms with Crippen LogP contribution in [0.15, 0.2) is 41.3 Å². The van der Waals surface area contributed by atoms with Crippen molar-refractivity contribution in [1.29, 1.82) is 0 Å². The van der Waals surface area contributed by atoms with Crippen molar-refractivity contribution in [2.45, 2.75) is 18.9 Å². The fourth-order valence-corrected chi connectivity index (χ4v) is 5.64. The Kier molecular flexibility index (Phi) is 7.39. The Morgan fingerprint density at radius 2 is 1.74 bits per heavy atom. The molecule has 4 amide bonds. The van der Waals surface area contributed by atoms with Crippen LogP contribution in [0.2, 0.25) is 0 Å². The molecule has 2 N–H and O–H groups in total. The predicted octanol–water partition coefficient (Wildman–Crippen LogP) is 2.88. The fraction of sp³-hybridized carbons (Fsp3) is 0.333. The smallest absolute Gasteiger partial charge is 0.290 e. The third-order valence-corrected chi connectivity index (χ3v) is 7.67. The van der Waals surface area contributed by atoms with Gasteiger partial charge in [-0.05, 0) is 55.4 Å². The van der Waals surface area contributed by atoms with Crippen LogP contribution in [0.1, 0.15) is 39.1 Å². The van der Waals surface area contributed by atoms with Gasteiger partial charge >= 0.3 is 0 Å². The molecule has 1 unspecified atom stereocenters. The number of ether oxygens (including phenoxy) is 2. The highest BCUT2D eigenvalue weighted by atomic mass is 32.2. The second kappa shape index (κ2) is 10.9. The molecule has 3 heterocycles. The molecule has 0 bridgehead atoms. The van der Waals surface area contributed by atoms with Crippen LogP contribution >= 0.6 is 11.8 Å². The van der Waals surface area contributed by atoms with Crippen LogP contribution < -0.4 is 25.0 Å². The van der Waals surface area contributed by atoms with Crippen molar-refractivity contribution in [2.24, 2.45) is 0 Å². The van der Waals surface area contributed by atoms with Crippen molar-refractivity contribution >= 4 is 46.5 Å². The van der Waals surface area contributed by atoms with Gasteiger partial charge in [-0.1, -0.05) is 12.1 Å². The Balaban J connectivity index is 1.22. The molecular formula is C27H28N4O6S. The van der Waals surface area contributed by atoms with Crippen molar-refractivity contribution in [1.82, 2.24) is 15.5 Å². The summed E-state index contributed by atoms with van der Waals surface area (Å²) in [4.78, 5) is 52.8. The number of rotatable bonds is 9. The lowest BCUT2D eigenvalue weighted by Crippen LogP contribution is -2.36. The van der Waals surface area contributed by atoms with E-state index in [1.165, 1.54) is 4.90 Å². The van der Waals surface area contributed by atoms with E-state index in [1.54, 1.807) is 50.6 Å². The first kappa shape index (κ1) is 25.8. The molecule has 1 atom stereocenters. The minimum Gasteiger partial charge on any atom is -0.493 e. The minimum absolute atomic E-state index is 0.205. The van der Waals surface area contributed by atoms with Crippen LogP contribution in [0.25, 0.3) is 6.08 Å². The number of carbonyl (C=O) groups is 4. The van der Waals surface area contributed by atoms with Gasteiger partial charge in [0.1, 0.15) is 0 Å². The highest BCUT2D eigenvalue weighted by Gasteiger charge is 2.34. The molecule has 2 aromatic rings. The largest absolute Gasteiger partial charge is 0.493 e. The summed E-state index contributed by atoms with van der Waals surface area (Å²) in [5, 5.41) is 5.43. The number of carbonyl (C=O) groups excluding carboxylic acids is 4. The zero-order valence-electron chi connectivity index (χ0n) is 21.1. The van der Waals surface area contributed by atoms with Crippen molar-refractivity contribution in [3.8, 4) is 11.5 Å². The standard InChI is InChI=1S/C27H28N4O6S/c1-36-21-12-16(13-23-24(32)29-27(35)38-23)20(14-22(21)37-2)30-11-8-17(15-30)28-9-5-10-31-25(33)18-6-3-4-7-19(18)26(31)34/h3-4,6-7,12-14,17,28H,5,8-11,15H2,1-2H3,(H,29,32,35). The van der Waals surface area contributed by atoms with E-state index in [0.717, 1.165) is 42.5 Å². The van der Waals surface area contributed by atoms with Gasteiger partial charge in [0.2, 0.25) is 0 Å². The van der Waals surface area contributed by atoms with Gasteiger partial charge in [0.15, 0.2) is 11.5 Å². The molecule has 0 aliphatic carbocycles. The maximum absolute atomic E-state index is 12.6. The summed E-state index contributed by atoms with van der Waals surface area (Å²) in [7, 11) is 3.12. The van der Waals surface area contributed by atoms with Crippen LogP contribution in [-0.4, -0.2) is 74.3 Å². The lowest BCUT2D eigenvalue weighted by Gasteiger charge is -2.23. The Morgan fingerprint density at radius 3 is 2.37 bits per heavy atom. The number of hydrogen-bond donors (Lipinski definition) is 2. The average Bonchev–Trinajstić information content (AvgIpc) is 3.58. The number of nitrogens with zero attached hydrogens (tertiary/aromatic N) is 2. The Hall–Kier alpha value is -3.83. The first-order chi connectivity index (χ1) is 18.4. The number of amides is 4. The SMILES string of the molecule is COc1cc(C=C2SC(=O)NC2=O)c(N2CCC(NCCCN3C(=O)c4ccccc4C3=O)C2)cc1OC. The second-order valence-corrected chi connectivity index (χ2v) is 10.2. The Bertz CT molecular complexity index is 1310. The van der Waals surface area contributed by atoms with Crippen molar-refractivity contribution < 1.29 is 28.7 Å². The number of fused-ring (bicyclic) bond motifs is 1. The summed E-state index contributed by atoms with van der Waals surface area (Å²) in [6.07, 6.45) is 3.24. The van der Waals surface area contributed by atoms with Gasteiger partial charge in [-0.15, -0.1) is 0 Å². The van der Waals surface area contributed by atoms with Gasteiger partial charge in [-0.25, -0.2) is 0 Å². The molecule has 38 heavy (non-hydrogen) atoms. The maximum atomic E-state index is 12.6. The monoisotopic (exact) mass is 536 g/mol. The van der Waals surface area contributed by atoms with E-state index in [1.807, 2.05) is 6.07 Å². The first-order valence-electron chi connectivity index (χ1n) is 12.3. The summed E-state index contributed by atoms with van der Waals surface area (Å²) in [6.45, 7) is 2.52. The molecule has 2 fully saturated rings. The number of anilines is 1. The molecule has 198 valence electrons. The van der Waals surface area contributed by atoms with Crippen molar-refractivity contribution in [3.63, 3.8) is 0 Å². The second-order valence-electron chi connectivity index (χ2n) is 9.17. The third-order valence-electron chi connectivity index (χ3n) is 6.86. The molecule has 10 nitrogen and oxygen atoms in total. The van der Waals surface area contributed by atoms with Crippen LogP contribution in [0.5, 0.6) is 11.5 Å². The Morgan fingerprint density at radius 1 is 1.05 bits per heavy atom. The molecule has 11 heteroatoms. The molecule has 0 spiro atoms. The molecule has 5 rings (SSSR count). The topological polar surface area (TPSA) is 117 Å². The number of benzene rings is 2. The molecule has 2 aromatic carbocycles. The maximum Gasteiger partial charge on any atom is 0.290 e. The highest BCUT2D eigenvalue weighted by Crippen LogP contribution is 2.39. The average molecular weight is 537 g/mol. The van der Waals surface area contributed by atoms with Crippen LogP contribution in [0.4, 0.5) is 10.5 Å². The summed E-state index contributed by atoms with van der Waals surface area (Å²) in [5.41, 5.74) is 2.56. The molecule has 2 saturated heterocycles. The van der Waals surface area contributed by atoms with Gasteiger partial charge in [0, 0.05) is 43.0 Å². The predicted molar refractivity (Wildman–Crippen MR) is 144 cm³/mol. The zero-order chi connectivity index (χ0) is 26.8. The molecule has 3 aliphatic heterocycles. The van der Waals surface area contributed by atoms with E-state index in [9.17, 15) is 19.2 Å². The summed E-state index contributed by atoms with van der Waals surface area (Å²) >= 11 is 0.871. The molecule has 0 aromatic heterocycles. The molecule has 0 saturated carbocycles. The lowest BCUT2D eigenvalue weighted by molar-refractivity contribution is -0.115. The van der Waals surface area contributed by atoms with Crippen LogP contribution in [0.3, 0.4) is 0 Å². The number of imide groups is 2. The van der Waals surface area contributed by atoms with Gasteiger partial charge in [-0.2, -0.15) is 0 Å². The van der Waals surface area contributed by atoms with E-state index in [-0.39, 0.29) is 17.9 Å². The number of thioether (sulfide) groups is 1. The van der Waals surface area contributed by atoms with Gasteiger partial charge < -0.3 is 19.7 Å². The summed E-state index contributed by atoms with van der Waals surface area (Å²) in [5.74, 6) is 0.216. The van der Waals surface area contributed by atoms with E-state index in [2.05, 4.69) is 15.5 Å². The fourth-order valence-electron chi connectivity index (χ4n) is 4.97. The Labute approximate surface area is 224 Å². The normalized spacial score (nSPS) is 19.9. The number of hydrogen-bond acceptors (Lipinski definition) is 9. The molecule has 3 aliphatic rings. The first-order valence-corrected chi connectivity index (χ1v) is 13.2. The van der Waals surface area contributed by atoms with Crippen LogP contribution in [0, 0.1) is 0 Å². The quantitative estimate of drug-likeness (QED) is 0.283. The van der Waals surface area contributed by atoms with Crippen LogP contribution in [-0.2, 0) is 4.79 Å². The van der Waals surface area contributed by atoms with Crippen molar-refractivity contribution in [3.05, 3.63) is 58.0 Å². The zero-order valence-corrected chi connectivity index (χ0v) is 21.9. The number of methoxy groups -OCH3 is 2. The van der Waals surface area contributed by atoms with E-state index in [0.29, 0.717) is 47.0 Å². The van der Waals surface area contributed by atoms with Gasteiger partial charge in [0.25, 0.3) is 23.0 Å². The summed E-state index contributed by atoms with van der Waals surface area (Å²) in [6, 6.07) is 10.8. The minimum atomic E-state index is -0.417. The summed E-state index contributed by atoms with van der Waals surface area (Å²) < 4.78 is 11.0. The highest BCUT2D eigenvalue weighted by molar-refractivity contribution is 8.18. The lowest BCUT2D eigenvalue weighted by atomic mass is 10.1. The third kappa shape index (κ3) is 4.99. The van der Waals surface area contributed by atoms with E-state index < -0.39 is 11.1 Å². The number of nitrogens with one attached hydrogen (secondary N) is 2. The van der Waals surface area contributed by atoms with E-state index >= 15 is 0 Å². The van der Waals surface area contributed by atoms with Crippen molar-refractivity contribution in [2.75, 3.05) is 45.3 Å². The molecule has 0 radical (unpaired) electrons. The van der Waals surface area contributed by atoms with Gasteiger partial charge in [0.05, 0.1) is 30.3 Å². The van der Waals surface area contributed by atoms with Gasteiger partial charge in [-0.3, -0.25) is 29.4 Å². The molecular weight excluding hydrogens is 508 g/mol. The van der Waals surface area contributed by atoms with E-state index in [4.69, 9.17) is 9.47 Å².